The van der Waals surface area contributed by atoms with Crippen molar-refractivity contribution in [1.82, 2.24) is 93.5 Å². The highest BCUT2D eigenvalue weighted by molar-refractivity contribution is 7.98. The minimum absolute atomic E-state index is 0.00742. The molecule has 13 amide bonds. The van der Waals surface area contributed by atoms with Crippen molar-refractivity contribution in [2.24, 2.45) is 11.5 Å². The Balaban J connectivity index is 0.905. The lowest BCUT2D eigenvalue weighted by Gasteiger charge is -2.38. The van der Waals surface area contributed by atoms with Crippen LogP contribution in [0.2, 0.25) is 0 Å². The molecule has 134 heavy (non-hydrogen) atoms. The van der Waals surface area contributed by atoms with Crippen LogP contribution in [0.25, 0.3) is 21.8 Å². The lowest BCUT2D eigenvalue weighted by molar-refractivity contribution is -0.143. The number of aromatic nitrogens is 4. The maximum Gasteiger partial charge on any atom is 0.305 e. The molecule has 2 saturated heterocycles. The predicted molar refractivity (Wildman–Crippen MR) is 493 cm³/mol. The molecule has 41 heteroatoms. The molecule has 12 atom stereocenters. The Kier molecular flexibility index (Phi) is 35.6. The number of hydrogen-bond donors (Lipinski definition) is 19. The van der Waals surface area contributed by atoms with Crippen molar-refractivity contribution in [1.29, 1.82) is 0 Å². The molecule has 4 aliphatic rings. The number of carbonyl (C=O) groups excluding carboxylic acids is 13. The first kappa shape index (κ1) is 100. The SMILES string of the molecule is CC(=O)N[C@@H](Cc1c[nH]cn1)C(=O)N(C)[C@@H](Cc1ccc(F)cc1)C(=O)N[C@H]1CSCc2cccc(c2)CSC[C@@H](C(N)=O)NC(=O)[C@@H]2CCCN2C(=O)[C@H](Cc2ccc(O)cc2)NC(=O)[C@H](CC2NCNC23CCCCCCC3)NC(=O)[C@H](CC(=O)O)NC(=O)[C@H](Cc2c[nH]c3ccc(F)cc23)NC(=O)[C@H](Cc2c[nH]c3ccc(F)cc23)NC(=O)CNC(=O)[C@H](CCCCN)NC1=O. The number of amides is 13. The number of nitrogens with two attached hydrogens (primary N) is 2. The van der Waals surface area contributed by atoms with Crippen LogP contribution in [0.1, 0.15) is 136 Å². The van der Waals surface area contributed by atoms with Crippen molar-refractivity contribution in [3.8, 4) is 5.75 Å². The molecule has 6 heterocycles. The number of fused-ring (bicyclic) bond motifs is 5. The highest BCUT2D eigenvalue weighted by Gasteiger charge is 2.47. The summed E-state index contributed by atoms with van der Waals surface area (Å²) in [6, 6.07) is 7.81. The molecule has 1 unspecified atom stereocenters. The first-order chi connectivity index (χ1) is 64.4. The van der Waals surface area contributed by atoms with Gasteiger partial charge in [-0.05, 0) is 152 Å². The van der Waals surface area contributed by atoms with E-state index in [1.165, 1.54) is 134 Å². The molecule has 1 spiro atoms. The van der Waals surface area contributed by atoms with E-state index in [4.69, 9.17) is 11.5 Å². The number of primary amides is 1. The van der Waals surface area contributed by atoms with Gasteiger partial charge in [-0.3, -0.25) is 77.8 Å². The maximum absolute atomic E-state index is 15.8. The zero-order valence-corrected chi connectivity index (χ0v) is 75.9. The van der Waals surface area contributed by atoms with Crippen LogP contribution in [0.5, 0.6) is 5.75 Å². The second kappa shape index (κ2) is 47.7. The van der Waals surface area contributed by atoms with Gasteiger partial charge in [0.25, 0.3) is 0 Å². The summed E-state index contributed by atoms with van der Waals surface area (Å²) < 4.78 is 45.1. The van der Waals surface area contributed by atoms with Gasteiger partial charge in [0.2, 0.25) is 76.8 Å². The molecule has 21 N–H and O–H groups in total. The average molecular weight is 1890 g/mol. The number of aliphatic carboxylic acids is 1. The van der Waals surface area contributed by atoms with Crippen LogP contribution in [-0.4, -0.2) is 246 Å². The lowest BCUT2D eigenvalue weighted by atomic mass is 9.77. The normalized spacial score (nSPS) is 22.7. The van der Waals surface area contributed by atoms with E-state index in [1.807, 2.05) is 12.1 Å². The summed E-state index contributed by atoms with van der Waals surface area (Å²) in [4.78, 5) is 223. The van der Waals surface area contributed by atoms with Crippen molar-refractivity contribution in [3.63, 3.8) is 0 Å². The number of hydrogen-bond acceptors (Lipinski definition) is 21. The fraction of sp³-hybridized carbons (Fsp3) is 0.452. The standard InChI is InChI=1S/C93H115F3N20O16S2/c1-52(117)106-74(39-62-44-99-50-103-62)91(131)115(2)78(34-54-16-20-59(94)21-17-54)90(130)114-76-49-134-47-56-13-10-12-55(32-56)46-133-48-75(82(98)122)113-89(129)77-15-11-31-116(77)92(132)73(33-53-18-24-63(118)25-19-53)112-86(126)71(40-79-93(105-51-104-79)28-7-4-3-5-8-29-93)110-87(127)72(41-81(120)121)111-85(125)70(36-58-43-101-67-27-23-61(96)38-65(58)67)109-84(124)69(35-57-42-100-66-26-22-60(95)37-64(57)66)107-80(119)45-102-83(123)68(108-88(76)128)14-6-9-30-97/h10,12-13,16-27,32,37-38,42-44,50,68-79,100-101,104-105,118H,3-9,11,14-15,28-31,33-36,39-41,45-49,51,97H2,1-2H3,(H2,98,122)(H,99,103)(H,102,123)(H,106,117)(H,107,119)(H,108,128)(H,109,124)(H,110,127)(H,111,125)(H,112,126)(H,113,129)(H,114,130)(H,120,121)/t68-,69-,70-,71-,72-,73-,74-,75-,76-,77-,78-,79?/m0/s1. The zero-order valence-electron chi connectivity index (χ0n) is 74.3. The van der Waals surface area contributed by atoms with Crippen LogP contribution < -0.4 is 75.3 Å². The van der Waals surface area contributed by atoms with Crippen molar-refractivity contribution < 1.29 is 90.5 Å². The van der Waals surface area contributed by atoms with Gasteiger partial charge in [0, 0.05) is 134 Å². The molecule has 716 valence electrons. The summed E-state index contributed by atoms with van der Waals surface area (Å²) in [6.07, 6.45) is 9.26. The number of carboxylic acids is 1. The number of H-pyrrole nitrogens is 3. The quantitative estimate of drug-likeness (QED) is 0.0387. The molecule has 3 aromatic heterocycles. The van der Waals surface area contributed by atoms with E-state index in [1.54, 1.807) is 12.1 Å². The molecule has 5 aromatic carbocycles. The Bertz CT molecular complexity index is 5510. The number of imidazole rings is 1. The third kappa shape index (κ3) is 27.7. The van der Waals surface area contributed by atoms with Gasteiger partial charge in [-0.15, -0.1) is 0 Å². The number of likely N-dealkylation sites (N-methyl/N-ethyl adjacent to an activating group) is 1. The Labute approximate surface area is 779 Å². The van der Waals surface area contributed by atoms with Crippen LogP contribution >= 0.6 is 23.5 Å². The van der Waals surface area contributed by atoms with Crippen LogP contribution in [0.4, 0.5) is 13.2 Å². The summed E-state index contributed by atoms with van der Waals surface area (Å²) in [7, 11) is 1.32. The van der Waals surface area contributed by atoms with Gasteiger partial charge in [0.15, 0.2) is 0 Å². The van der Waals surface area contributed by atoms with Crippen molar-refractivity contribution in [3.05, 3.63) is 191 Å². The summed E-state index contributed by atoms with van der Waals surface area (Å²) in [6.45, 7) is 0.694. The third-order valence-corrected chi connectivity index (χ3v) is 26.9. The molecule has 1 saturated carbocycles. The van der Waals surface area contributed by atoms with Gasteiger partial charge in [-0.1, -0.05) is 80.6 Å². The number of phenols is 1. The van der Waals surface area contributed by atoms with Crippen molar-refractivity contribution >= 4 is 128 Å². The molecule has 2 bridgehead atoms. The fourth-order valence-corrected chi connectivity index (χ4v) is 19.7. The number of phenolic OH excluding ortho intramolecular Hbond substituents is 1. The molecular weight excluding hydrogens is 1770 g/mol. The average Bonchev–Trinajstić information content (AvgIpc) is 1.64. The van der Waals surface area contributed by atoms with Crippen LogP contribution in [0.15, 0.2) is 134 Å². The van der Waals surface area contributed by atoms with Crippen LogP contribution in [0.3, 0.4) is 0 Å². The molecule has 36 nitrogen and oxygen atoms in total. The first-order valence-corrected chi connectivity index (χ1v) is 47.2. The van der Waals surface area contributed by atoms with Gasteiger partial charge in [0.05, 0.1) is 25.0 Å². The topological polar surface area (TPSA) is 543 Å². The van der Waals surface area contributed by atoms with Gasteiger partial charge >= 0.3 is 5.97 Å². The maximum atomic E-state index is 15.8. The molecule has 1 aliphatic carbocycles. The number of carbonyl (C=O) groups is 14. The second-order valence-electron chi connectivity index (χ2n) is 34.5. The lowest BCUT2D eigenvalue weighted by Crippen LogP contribution is -2.62. The Morgan fingerprint density at radius 2 is 1.22 bits per heavy atom. The molecule has 3 aliphatic heterocycles. The monoisotopic (exact) mass is 1890 g/mol. The summed E-state index contributed by atoms with van der Waals surface area (Å²) >= 11 is 2.42. The first-order valence-electron chi connectivity index (χ1n) is 44.8. The Morgan fingerprint density at radius 3 is 1.84 bits per heavy atom. The largest absolute Gasteiger partial charge is 0.508 e. The Hall–Kier alpha value is -12.9. The van der Waals surface area contributed by atoms with E-state index in [-0.39, 0.29) is 122 Å². The van der Waals surface area contributed by atoms with Gasteiger partial charge < -0.3 is 99.6 Å². The summed E-state index contributed by atoms with van der Waals surface area (Å²) in [5.74, 6) is -15.7. The van der Waals surface area contributed by atoms with E-state index >= 15 is 42.3 Å². The number of halogens is 3. The molecule has 8 aromatic rings. The minimum atomic E-state index is -2.09. The fourth-order valence-electron chi connectivity index (χ4n) is 17.6. The van der Waals surface area contributed by atoms with Gasteiger partial charge in [-0.25, -0.2) is 18.2 Å². The van der Waals surface area contributed by atoms with E-state index in [9.17, 15) is 48.2 Å². The van der Waals surface area contributed by atoms with Gasteiger partial charge in [0.1, 0.15) is 89.7 Å². The van der Waals surface area contributed by atoms with Gasteiger partial charge in [-0.2, -0.15) is 23.5 Å². The number of nitrogens with one attached hydrogen (secondary N) is 15. The smallest absolute Gasteiger partial charge is 0.305 e. The number of carboxylic acid groups (broad SMARTS) is 1. The molecule has 0 radical (unpaired) electrons. The van der Waals surface area contributed by atoms with Crippen LogP contribution in [0, 0.1) is 17.5 Å². The van der Waals surface area contributed by atoms with Crippen molar-refractivity contribution in [2.45, 2.75) is 218 Å². The number of nitrogens with zero attached hydrogens (tertiary/aromatic N) is 3. The number of aromatic hydroxyl groups is 1. The van der Waals surface area contributed by atoms with E-state index < -0.39 is 204 Å². The summed E-state index contributed by atoms with van der Waals surface area (Å²) in [5.41, 5.74) is 15.2. The van der Waals surface area contributed by atoms with Crippen molar-refractivity contribution in [2.75, 3.05) is 44.9 Å². The Morgan fingerprint density at radius 1 is 0.627 bits per heavy atom. The van der Waals surface area contributed by atoms with E-state index in [0.29, 0.717) is 52.7 Å². The minimum Gasteiger partial charge on any atom is -0.508 e. The van der Waals surface area contributed by atoms with E-state index in [2.05, 4.69) is 83.7 Å². The summed E-state index contributed by atoms with van der Waals surface area (Å²) in [5, 5.41) is 55.6. The number of thioether (sulfide) groups is 2. The third-order valence-electron chi connectivity index (χ3n) is 24.7. The second-order valence-corrected chi connectivity index (χ2v) is 36.5. The number of aromatic amines is 3. The zero-order chi connectivity index (χ0) is 95.7. The number of benzene rings is 5. The number of rotatable bonds is 24. The molecule has 12 rings (SSSR count). The van der Waals surface area contributed by atoms with E-state index in [0.717, 1.165) is 60.8 Å². The predicted octanol–water partition coefficient (Wildman–Crippen LogP) is 2.99. The highest BCUT2D eigenvalue weighted by Crippen LogP contribution is 2.35. The highest BCUT2D eigenvalue weighted by atomic mass is 32.2. The molecular formula is C93H115F3N20O16S2. The number of unbranched alkanes of at least 4 members (excludes halogenated alkanes) is 1. The van der Waals surface area contributed by atoms with Crippen LogP contribution in [-0.2, 0) is 111 Å². The molecule has 3 fully saturated rings.